The van der Waals surface area contributed by atoms with Crippen LogP contribution in [-0.2, 0) is 22.4 Å². The molecule has 0 aromatic heterocycles. The Morgan fingerprint density at radius 3 is 2.49 bits per heavy atom. The number of barbiturate groups is 1. The van der Waals surface area contributed by atoms with E-state index in [1.807, 2.05) is 25.1 Å². The van der Waals surface area contributed by atoms with E-state index >= 15 is 0 Å². The van der Waals surface area contributed by atoms with E-state index in [1.165, 1.54) is 13.2 Å². The Morgan fingerprint density at radius 1 is 1.07 bits per heavy atom. The van der Waals surface area contributed by atoms with Crippen LogP contribution in [0.2, 0.25) is 0 Å². The third-order valence-corrected chi connectivity index (χ3v) is 7.02. The van der Waals surface area contributed by atoms with Crippen LogP contribution in [0.25, 0.3) is 6.08 Å². The maximum Gasteiger partial charge on any atom is 0.335 e. The maximum absolute atomic E-state index is 13.6. The lowest BCUT2D eigenvalue weighted by molar-refractivity contribution is -0.122. The van der Waals surface area contributed by atoms with Crippen LogP contribution in [0, 0.1) is 0 Å². The minimum absolute atomic E-state index is 0.0208. The average molecular weight is 556 g/mol. The van der Waals surface area contributed by atoms with Gasteiger partial charge in [0.05, 0.1) is 12.8 Å². The van der Waals surface area contributed by atoms with E-state index in [4.69, 9.17) is 14.2 Å². The molecule has 0 aliphatic carbocycles. The Bertz CT molecular complexity index is 1550. The van der Waals surface area contributed by atoms with Crippen molar-refractivity contribution in [1.29, 1.82) is 0 Å². The van der Waals surface area contributed by atoms with Gasteiger partial charge in [-0.2, -0.15) is 0 Å². The predicted molar refractivity (Wildman–Crippen MR) is 151 cm³/mol. The van der Waals surface area contributed by atoms with Gasteiger partial charge in [-0.05, 0) is 60.4 Å². The third-order valence-electron chi connectivity index (χ3n) is 7.02. The summed E-state index contributed by atoms with van der Waals surface area (Å²) in [5.74, 6) is -0.695. The number of nitrogens with zero attached hydrogens (tertiary/aromatic N) is 2. The molecule has 5 amide bonds. The molecule has 0 bridgehead atoms. The first-order valence-electron chi connectivity index (χ1n) is 13.1. The molecule has 2 aliphatic rings. The van der Waals surface area contributed by atoms with Gasteiger partial charge in [0, 0.05) is 24.7 Å². The smallest absolute Gasteiger partial charge is 0.335 e. The third kappa shape index (κ3) is 5.36. The number of nitrogens with one attached hydrogen (secondary N) is 1. The van der Waals surface area contributed by atoms with Crippen LogP contribution in [0.3, 0.4) is 0 Å². The molecule has 41 heavy (non-hydrogen) atoms. The highest BCUT2D eigenvalue weighted by Crippen LogP contribution is 2.46. The Kier molecular flexibility index (Phi) is 7.73. The zero-order valence-electron chi connectivity index (χ0n) is 22.9. The van der Waals surface area contributed by atoms with Crippen LogP contribution in [0.5, 0.6) is 17.2 Å². The number of methoxy groups -OCH3 is 1. The Morgan fingerprint density at radius 2 is 1.80 bits per heavy atom. The topological polar surface area (TPSA) is 114 Å². The molecular weight excluding hydrogens is 526 g/mol. The highest BCUT2D eigenvalue weighted by Gasteiger charge is 2.37. The number of rotatable bonds is 8. The van der Waals surface area contributed by atoms with E-state index in [0.29, 0.717) is 46.8 Å². The zero-order valence-corrected chi connectivity index (χ0v) is 22.9. The molecule has 0 saturated carbocycles. The van der Waals surface area contributed by atoms with Crippen LogP contribution in [0.15, 0.2) is 66.2 Å². The fourth-order valence-corrected chi connectivity index (χ4v) is 4.75. The molecule has 3 aromatic carbocycles. The van der Waals surface area contributed by atoms with Crippen LogP contribution in [-0.4, -0.2) is 56.1 Å². The molecule has 10 heteroatoms. The van der Waals surface area contributed by atoms with Crippen LogP contribution < -0.4 is 24.4 Å². The van der Waals surface area contributed by atoms with Crippen molar-refractivity contribution in [2.75, 3.05) is 32.4 Å². The molecule has 1 fully saturated rings. The van der Waals surface area contributed by atoms with E-state index < -0.39 is 17.8 Å². The minimum Gasteiger partial charge on any atom is -0.492 e. The number of ether oxygens (including phenoxy) is 3. The number of aryl methyl sites for hydroxylation is 1. The summed E-state index contributed by atoms with van der Waals surface area (Å²) in [4.78, 5) is 54.7. The molecule has 0 unspecified atom stereocenters. The number of anilines is 1. The van der Waals surface area contributed by atoms with Crippen molar-refractivity contribution in [3.05, 3.63) is 88.5 Å². The van der Waals surface area contributed by atoms with Gasteiger partial charge in [0.1, 0.15) is 5.57 Å². The van der Waals surface area contributed by atoms with Gasteiger partial charge < -0.3 is 19.1 Å². The molecule has 2 aliphatic heterocycles. The van der Waals surface area contributed by atoms with Gasteiger partial charge in [-0.1, -0.05) is 37.3 Å². The number of fused-ring (bicyclic) bond motifs is 1. The van der Waals surface area contributed by atoms with Crippen LogP contribution >= 0.6 is 0 Å². The number of hydrogen-bond donors (Lipinski definition) is 1. The maximum atomic E-state index is 13.6. The van der Waals surface area contributed by atoms with E-state index in [-0.39, 0.29) is 24.0 Å². The summed E-state index contributed by atoms with van der Waals surface area (Å²) >= 11 is 0. The highest BCUT2D eigenvalue weighted by molar-refractivity contribution is 6.39. The van der Waals surface area contributed by atoms with Crippen molar-refractivity contribution in [3.8, 4) is 17.2 Å². The predicted octanol–water partition coefficient (Wildman–Crippen LogP) is 3.97. The van der Waals surface area contributed by atoms with E-state index in [9.17, 15) is 19.2 Å². The van der Waals surface area contributed by atoms with Crippen molar-refractivity contribution < 1.29 is 33.4 Å². The number of carbonyl (C=O) groups is 4. The van der Waals surface area contributed by atoms with E-state index in [2.05, 4.69) is 5.32 Å². The lowest BCUT2D eigenvalue weighted by Crippen LogP contribution is -2.54. The number of hydrogen-bond acceptors (Lipinski definition) is 7. The van der Waals surface area contributed by atoms with Gasteiger partial charge in [0.15, 0.2) is 11.5 Å². The largest absolute Gasteiger partial charge is 0.492 e. The molecule has 2 heterocycles. The quantitative estimate of drug-likeness (QED) is 0.331. The lowest BCUT2D eigenvalue weighted by Gasteiger charge is -2.27. The summed E-state index contributed by atoms with van der Waals surface area (Å²) in [5, 5.41) is 2.26. The normalized spacial score (nSPS) is 15.2. The molecule has 3 aromatic rings. The number of benzene rings is 3. The minimum atomic E-state index is -0.833. The SMILES string of the molecule is CCc1ccc(N2C(=O)NC(=O)/C(=C/c3c(CCN(C)C(=O)c4ccccc4)cc4c(c3OC)OCO4)C2=O)cc1. The molecule has 5 rings (SSSR count). The first-order valence-corrected chi connectivity index (χ1v) is 13.1. The highest BCUT2D eigenvalue weighted by atomic mass is 16.7. The molecule has 10 nitrogen and oxygen atoms in total. The molecule has 0 radical (unpaired) electrons. The van der Waals surface area contributed by atoms with Gasteiger partial charge in [-0.15, -0.1) is 0 Å². The second-order valence-electron chi connectivity index (χ2n) is 9.54. The van der Waals surface area contributed by atoms with Gasteiger partial charge >= 0.3 is 6.03 Å². The number of urea groups is 1. The zero-order chi connectivity index (χ0) is 29.1. The van der Waals surface area contributed by atoms with Gasteiger partial charge in [-0.25, -0.2) is 9.69 Å². The lowest BCUT2D eigenvalue weighted by atomic mass is 9.97. The Labute approximate surface area is 237 Å². The molecular formula is C31H29N3O7. The second kappa shape index (κ2) is 11.5. The van der Waals surface area contributed by atoms with Gasteiger partial charge in [0.2, 0.25) is 12.5 Å². The van der Waals surface area contributed by atoms with Crippen molar-refractivity contribution in [1.82, 2.24) is 10.2 Å². The van der Waals surface area contributed by atoms with Crippen molar-refractivity contribution >= 4 is 35.5 Å². The van der Waals surface area contributed by atoms with Crippen molar-refractivity contribution in [2.45, 2.75) is 19.8 Å². The van der Waals surface area contributed by atoms with E-state index in [1.54, 1.807) is 54.4 Å². The first-order chi connectivity index (χ1) is 19.8. The summed E-state index contributed by atoms with van der Waals surface area (Å²) in [6.45, 7) is 2.30. The van der Waals surface area contributed by atoms with Crippen LogP contribution in [0.4, 0.5) is 10.5 Å². The summed E-state index contributed by atoms with van der Waals surface area (Å²) in [6.07, 6.45) is 2.54. The standard InChI is InChI=1S/C31H29N3O7/c1-4-19-10-12-22(13-11-19)34-30(37)24(28(35)32-31(34)38)17-23-21(16-25-27(26(23)39-3)41-18-40-25)14-15-33(2)29(36)20-8-6-5-7-9-20/h5-13,16-17H,4,14-15,18H2,1-3H3,(H,32,35,38)/b24-17-. The summed E-state index contributed by atoms with van der Waals surface area (Å²) in [7, 11) is 3.14. The summed E-state index contributed by atoms with van der Waals surface area (Å²) in [5.41, 5.74) is 2.74. The molecule has 0 atom stereocenters. The number of amides is 5. The fourth-order valence-electron chi connectivity index (χ4n) is 4.75. The summed E-state index contributed by atoms with van der Waals surface area (Å²) < 4.78 is 16.9. The number of carbonyl (C=O) groups excluding carboxylic acids is 4. The molecule has 0 spiro atoms. The average Bonchev–Trinajstić information content (AvgIpc) is 3.46. The monoisotopic (exact) mass is 555 g/mol. The van der Waals surface area contributed by atoms with Gasteiger partial charge in [-0.3, -0.25) is 19.7 Å². The molecule has 1 N–H and O–H groups in total. The number of imide groups is 2. The van der Waals surface area contributed by atoms with Crippen molar-refractivity contribution in [3.63, 3.8) is 0 Å². The Balaban J connectivity index is 1.51. The second-order valence-corrected chi connectivity index (χ2v) is 9.54. The molecule has 210 valence electrons. The summed E-state index contributed by atoms with van der Waals surface area (Å²) in [6, 6.07) is 16.8. The Hall–Kier alpha value is -5.12. The molecule has 1 saturated heterocycles. The number of likely N-dealkylation sites (N-methyl/N-ethyl adjacent to an activating group) is 1. The first kappa shape index (κ1) is 27.4. The van der Waals surface area contributed by atoms with Crippen molar-refractivity contribution in [2.24, 2.45) is 0 Å². The van der Waals surface area contributed by atoms with Gasteiger partial charge in [0.25, 0.3) is 17.7 Å². The van der Waals surface area contributed by atoms with Crippen LogP contribution in [0.1, 0.15) is 34.0 Å². The fraction of sp³-hybridized carbons (Fsp3) is 0.226. The van der Waals surface area contributed by atoms with E-state index in [0.717, 1.165) is 16.9 Å².